The summed E-state index contributed by atoms with van der Waals surface area (Å²) in [4.78, 5) is 16.3. The number of aromatic nitrogens is 1. The lowest BCUT2D eigenvalue weighted by atomic mass is 10.1. The zero-order valence-electron chi connectivity index (χ0n) is 15.2. The molecule has 2 aromatic carbocycles. The summed E-state index contributed by atoms with van der Waals surface area (Å²) < 4.78 is 10.7. The SMILES string of the molecule is COc1cc2ncc(C(N)=O)c(Nc3ccccc3CCO)c2cc1OC. The van der Waals surface area contributed by atoms with E-state index in [0.29, 0.717) is 34.5 Å². The Morgan fingerprint density at radius 2 is 1.89 bits per heavy atom. The Morgan fingerprint density at radius 3 is 2.56 bits per heavy atom. The maximum Gasteiger partial charge on any atom is 0.252 e. The Balaban J connectivity index is 2.23. The molecule has 3 rings (SSSR count). The smallest absolute Gasteiger partial charge is 0.252 e. The molecule has 0 atom stereocenters. The van der Waals surface area contributed by atoms with Crippen LogP contribution in [-0.4, -0.2) is 36.8 Å². The van der Waals surface area contributed by atoms with Crippen molar-refractivity contribution in [1.82, 2.24) is 4.98 Å². The molecule has 1 amide bonds. The quantitative estimate of drug-likeness (QED) is 0.593. The third kappa shape index (κ3) is 3.63. The molecule has 0 saturated heterocycles. The van der Waals surface area contributed by atoms with Gasteiger partial charge < -0.3 is 25.6 Å². The molecule has 0 spiro atoms. The number of nitrogens with zero attached hydrogens (tertiary/aromatic N) is 1. The molecule has 4 N–H and O–H groups in total. The molecule has 0 fully saturated rings. The summed E-state index contributed by atoms with van der Waals surface area (Å²) in [5, 5.41) is 13.3. The number of nitrogens with one attached hydrogen (secondary N) is 1. The number of carbonyl (C=O) groups is 1. The lowest BCUT2D eigenvalue weighted by Gasteiger charge is -2.17. The van der Waals surface area contributed by atoms with E-state index in [4.69, 9.17) is 15.2 Å². The average molecular weight is 367 g/mol. The van der Waals surface area contributed by atoms with Gasteiger partial charge in [0.1, 0.15) is 0 Å². The van der Waals surface area contributed by atoms with Crippen molar-refractivity contribution >= 4 is 28.2 Å². The Bertz CT molecular complexity index is 988. The van der Waals surface area contributed by atoms with Crippen LogP contribution >= 0.6 is 0 Å². The first-order valence-electron chi connectivity index (χ1n) is 8.39. The maximum absolute atomic E-state index is 12.0. The number of hydrogen-bond donors (Lipinski definition) is 3. The lowest BCUT2D eigenvalue weighted by Crippen LogP contribution is -2.14. The van der Waals surface area contributed by atoms with Gasteiger partial charge in [-0.15, -0.1) is 0 Å². The number of anilines is 2. The van der Waals surface area contributed by atoms with Crippen molar-refractivity contribution in [1.29, 1.82) is 0 Å². The number of primary amides is 1. The number of ether oxygens (including phenoxy) is 2. The second-order valence-corrected chi connectivity index (χ2v) is 5.89. The molecular formula is C20H21N3O4. The number of carbonyl (C=O) groups excluding carboxylic acids is 1. The van der Waals surface area contributed by atoms with Gasteiger partial charge in [-0.2, -0.15) is 0 Å². The highest BCUT2D eigenvalue weighted by molar-refractivity contribution is 6.08. The van der Waals surface area contributed by atoms with E-state index in [0.717, 1.165) is 11.3 Å². The van der Waals surface area contributed by atoms with Crippen LogP contribution in [0.4, 0.5) is 11.4 Å². The number of methoxy groups -OCH3 is 2. The van der Waals surface area contributed by atoms with E-state index < -0.39 is 5.91 Å². The Kier molecular flexibility index (Phi) is 5.42. The number of hydrogen-bond acceptors (Lipinski definition) is 6. The molecule has 1 heterocycles. The van der Waals surface area contributed by atoms with Crippen LogP contribution in [0.1, 0.15) is 15.9 Å². The predicted octanol–water partition coefficient (Wildman–Crippen LogP) is 2.63. The number of pyridine rings is 1. The van der Waals surface area contributed by atoms with Gasteiger partial charge in [0.2, 0.25) is 0 Å². The van der Waals surface area contributed by atoms with Crippen LogP contribution in [0.15, 0.2) is 42.6 Å². The van der Waals surface area contributed by atoms with Gasteiger partial charge in [-0.3, -0.25) is 9.78 Å². The molecule has 1 aromatic heterocycles. The van der Waals surface area contributed by atoms with E-state index in [9.17, 15) is 9.90 Å². The van der Waals surface area contributed by atoms with Crippen molar-refractivity contribution in [2.75, 3.05) is 26.1 Å². The molecule has 0 saturated carbocycles. The maximum atomic E-state index is 12.0. The zero-order chi connectivity index (χ0) is 19.4. The second-order valence-electron chi connectivity index (χ2n) is 5.89. The minimum Gasteiger partial charge on any atom is -0.493 e. The fourth-order valence-corrected chi connectivity index (χ4v) is 2.96. The summed E-state index contributed by atoms with van der Waals surface area (Å²) >= 11 is 0. The molecule has 140 valence electrons. The Labute approximate surface area is 156 Å². The first-order chi connectivity index (χ1) is 13.1. The first kappa shape index (κ1) is 18.5. The van der Waals surface area contributed by atoms with Gasteiger partial charge >= 0.3 is 0 Å². The Hall–Kier alpha value is -3.32. The summed E-state index contributed by atoms with van der Waals surface area (Å²) in [6.45, 7) is 0.0173. The van der Waals surface area contributed by atoms with Crippen molar-refractivity contribution < 1.29 is 19.4 Å². The standard InChI is InChI=1S/C20H21N3O4/c1-26-17-9-13-16(10-18(17)27-2)22-11-14(20(21)25)19(13)23-15-6-4-3-5-12(15)7-8-24/h3-6,9-11,24H,7-8H2,1-2H3,(H2,21,25)(H,22,23). The number of aliphatic hydroxyl groups is 1. The number of benzene rings is 2. The monoisotopic (exact) mass is 367 g/mol. The summed E-state index contributed by atoms with van der Waals surface area (Å²) in [6.07, 6.45) is 1.92. The normalized spacial score (nSPS) is 10.6. The van der Waals surface area contributed by atoms with E-state index in [-0.39, 0.29) is 12.2 Å². The molecule has 7 heteroatoms. The average Bonchev–Trinajstić information content (AvgIpc) is 2.68. The summed E-state index contributed by atoms with van der Waals surface area (Å²) in [7, 11) is 3.09. The zero-order valence-corrected chi connectivity index (χ0v) is 15.2. The van der Waals surface area contributed by atoms with E-state index in [1.807, 2.05) is 24.3 Å². The van der Waals surface area contributed by atoms with E-state index >= 15 is 0 Å². The van der Waals surface area contributed by atoms with Gasteiger partial charge in [0.15, 0.2) is 11.5 Å². The highest BCUT2D eigenvalue weighted by Gasteiger charge is 2.17. The molecule has 7 nitrogen and oxygen atoms in total. The predicted molar refractivity (Wildman–Crippen MR) is 104 cm³/mol. The summed E-state index contributed by atoms with van der Waals surface area (Å²) in [5.41, 5.74) is 8.67. The van der Waals surface area contributed by atoms with Crippen molar-refractivity contribution in [3.63, 3.8) is 0 Å². The van der Waals surface area contributed by atoms with Gasteiger partial charge in [-0.25, -0.2) is 0 Å². The van der Waals surface area contributed by atoms with Gasteiger partial charge in [0.25, 0.3) is 5.91 Å². The second kappa shape index (κ2) is 7.92. The minimum atomic E-state index is -0.596. The van der Waals surface area contributed by atoms with Gasteiger partial charge in [0.05, 0.1) is 31.0 Å². The fraction of sp³-hybridized carbons (Fsp3) is 0.200. The number of fused-ring (bicyclic) bond motifs is 1. The van der Waals surface area contributed by atoms with Crippen molar-refractivity contribution in [2.24, 2.45) is 5.73 Å². The van der Waals surface area contributed by atoms with Crippen molar-refractivity contribution in [3.8, 4) is 11.5 Å². The third-order valence-corrected chi connectivity index (χ3v) is 4.30. The molecule has 27 heavy (non-hydrogen) atoms. The molecule has 0 unspecified atom stereocenters. The number of aliphatic hydroxyl groups excluding tert-OH is 1. The van der Waals surface area contributed by atoms with Gasteiger partial charge in [0, 0.05) is 29.9 Å². The van der Waals surface area contributed by atoms with Crippen LogP contribution in [-0.2, 0) is 6.42 Å². The van der Waals surface area contributed by atoms with E-state index in [2.05, 4.69) is 10.3 Å². The van der Waals surface area contributed by atoms with Crippen LogP contribution in [0.25, 0.3) is 10.9 Å². The third-order valence-electron chi connectivity index (χ3n) is 4.30. The Morgan fingerprint density at radius 1 is 1.19 bits per heavy atom. The van der Waals surface area contributed by atoms with Gasteiger partial charge in [-0.05, 0) is 24.1 Å². The van der Waals surface area contributed by atoms with Crippen LogP contribution in [0.5, 0.6) is 11.5 Å². The summed E-state index contributed by atoms with van der Waals surface area (Å²) in [6, 6.07) is 11.1. The first-order valence-corrected chi connectivity index (χ1v) is 8.39. The van der Waals surface area contributed by atoms with Crippen LogP contribution < -0.4 is 20.5 Å². The van der Waals surface area contributed by atoms with E-state index in [1.54, 1.807) is 26.4 Å². The van der Waals surface area contributed by atoms with Crippen molar-refractivity contribution in [3.05, 3.63) is 53.7 Å². The van der Waals surface area contributed by atoms with Crippen LogP contribution in [0.3, 0.4) is 0 Å². The van der Waals surface area contributed by atoms with Crippen LogP contribution in [0, 0.1) is 0 Å². The molecule has 0 bridgehead atoms. The largest absolute Gasteiger partial charge is 0.493 e. The highest BCUT2D eigenvalue weighted by atomic mass is 16.5. The summed E-state index contributed by atoms with van der Waals surface area (Å²) in [5.74, 6) is 0.456. The molecule has 3 aromatic rings. The number of nitrogens with two attached hydrogens (primary N) is 1. The molecular weight excluding hydrogens is 346 g/mol. The number of amides is 1. The topological polar surface area (TPSA) is 107 Å². The fourth-order valence-electron chi connectivity index (χ4n) is 2.96. The van der Waals surface area contributed by atoms with E-state index in [1.165, 1.54) is 6.20 Å². The molecule has 0 aliphatic carbocycles. The molecule has 0 aliphatic rings. The lowest BCUT2D eigenvalue weighted by molar-refractivity contribution is 0.100. The molecule has 0 aliphatic heterocycles. The van der Waals surface area contributed by atoms with Crippen molar-refractivity contribution in [2.45, 2.75) is 6.42 Å². The number of rotatable bonds is 7. The van der Waals surface area contributed by atoms with Crippen LogP contribution in [0.2, 0.25) is 0 Å². The number of para-hydroxylation sites is 1. The highest BCUT2D eigenvalue weighted by Crippen LogP contribution is 2.37. The van der Waals surface area contributed by atoms with Gasteiger partial charge in [-0.1, -0.05) is 18.2 Å². The minimum absolute atomic E-state index is 0.0173. The molecule has 0 radical (unpaired) electrons.